The molecule has 5 aromatic rings. The average molecular weight is 637 g/mol. The minimum Gasteiger partial charge on any atom is -0.477 e. The molecular weight excluding hydrogens is 610 g/mol. The number of carbonyl (C=O) groups is 1. The third-order valence-corrected chi connectivity index (χ3v) is 7.81. The van der Waals surface area contributed by atoms with Gasteiger partial charge in [0.2, 0.25) is 0 Å². The number of carboxylic acid groups (broad SMARTS) is 1. The van der Waals surface area contributed by atoms with E-state index in [1.165, 1.54) is 54.6 Å². The molecule has 0 saturated carbocycles. The fraction of sp³-hybridized carbons (Fsp3) is 0. The van der Waals surface area contributed by atoms with Crippen molar-refractivity contribution in [3.05, 3.63) is 204 Å². The summed E-state index contributed by atoms with van der Waals surface area (Å²) in [6.07, 6.45) is 6.30. The Hall–Kier alpha value is -6.15. The van der Waals surface area contributed by atoms with Gasteiger partial charge in [0.1, 0.15) is 23.1 Å². The van der Waals surface area contributed by atoms with E-state index in [1.54, 1.807) is 42.9 Å². The zero-order chi connectivity index (χ0) is 33.5. The highest BCUT2D eigenvalue weighted by Crippen LogP contribution is 2.37. The number of hydrogen-bond acceptors (Lipinski definition) is 3. The lowest BCUT2D eigenvalue weighted by molar-refractivity contribution is -0.132. The first-order chi connectivity index (χ1) is 23.4. The third kappa shape index (κ3) is 7.29. The molecule has 0 spiro atoms. The average Bonchev–Trinajstić information content (AvgIpc) is 3.12. The highest BCUT2D eigenvalue weighted by molar-refractivity contribution is 7.10. The predicted molar refractivity (Wildman–Crippen MR) is 184 cm³/mol. The van der Waals surface area contributed by atoms with Crippen LogP contribution in [0, 0.1) is 17.5 Å². The van der Waals surface area contributed by atoms with Crippen LogP contribution in [0.4, 0.5) is 13.2 Å². The predicted octanol–water partition coefficient (Wildman–Crippen LogP) is 7.75. The van der Waals surface area contributed by atoms with Gasteiger partial charge in [0, 0.05) is 16.8 Å². The van der Waals surface area contributed by atoms with Gasteiger partial charge in [0.15, 0.2) is 0 Å². The highest BCUT2D eigenvalue weighted by atomic mass is 19.1. The third-order valence-electron chi connectivity index (χ3n) is 7.81. The van der Waals surface area contributed by atoms with Gasteiger partial charge in [-0.15, -0.1) is 0 Å². The summed E-state index contributed by atoms with van der Waals surface area (Å²) in [5.74, 6) is -2.73. The van der Waals surface area contributed by atoms with Crippen LogP contribution in [0.3, 0.4) is 0 Å². The number of allylic oxidation sites excluding steroid dienone is 5. The van der Waals surface area contributed by atoms with Crippen molar-refractivity contribution < 1.29 is 27.8 Å². The number of benzene rings is 5. The Balaban J connectivity index is 1.56. The Kier molecular flexibility index (Phi) is 9.63. The summed E-state index contributed by atoms with van der Waals surface area (Å²) >= 11 is 0. The molecule has 0 unspecified atom stereocenters. The van der Waals surface area contributed by atoms with Crippen LogP contribution in [-0.4, -0.2) is 23.4 Å². The Bertz CT molecular complexity index is 1970. The maximum absolute atomic E-state index is 14.1. The van der Waals surface area contributed by atoms with Crippen LogP contribution < -0.4 is 10.9 Å². The van der Waals surface area contributed by atoms with E-state index in [0.29, 0.717) is 22.1 Å². The molecule has 0 saturated heterocycles. The maximum atomic E-state index is 14.1. The second kappa shape index (κ2) is 14.5. The molecular formula is C40H27BF3NO3. The van der Waals surface area contributed by atoms with Crippen molar-refractivity contribution in [2.24, 2.45) is 4.99 Å². The monoisotopic (exact) mass is 637 g/mol. The van der Waals surface area contributed by atoms with Gasteiger partial charge in [0.05, 0.1) is 12.5 Å². The van der Waals surface area contributed by atoms with Gasteiger partial charge in [-0.2, -0.15) is 0 Å². The Labute approximate surface area is 276 Å². The molecule has 48 heavy (non-hydrogen) atoms. The summed E-state index contributed by atoms with van der Waals surface area (Å²) in [6.45, 7) is -0.769. The summed E-state index contributed by atoms with van der Waals surface area (Å²) in [6, 6.07) is 36.0. The van der Waals surface area contributed by atoms with E-state index < -0.39 is 30.1 Å². The first-order valence-corrected chi connectivity index (χ1v) is 15.1. The van der Waals surface area contributed by atoms with Gasteiger partial charge in [0.25, 0.3) is 6.71 Å². The molecule has 0 aliphatic carbocycles. The second-order valence-electron chi connectivity index (χ2n) is 10.9. The first kappa shape index (κ1) is 31.8. The van der Waals surface area contributed by atoms with Crippen molar-refractivity contribution in [2.45, 2.75) is 0 Å². The number of hydrogen-bond donors (Lipinski definition) is 1. The van der Waals surface area contributed by atoms with Crippen molar-refractivity contribution in [3.63, 3.8) is 0 Å². The standard InChI is InChI=1S/C40H27BF3NO3/c42-32-17-11-29(12-18-32)39(41(30-13-19-33(43)20-14-30)31-15-21-34(44)22-16-31)45-38(40(46)47)24-23-35-36(27-7-3-1-4-8-27)25-48-26-37(35)28-9-5-2-6-10-28/h1-26H,(H,46,47). The molecule has 0 fully saturated rings. The van der Waals surface area contributed by atoms with Crippen LogP contribution in [0.15, 0.2) is 174 Å². The lowest BCUT2D eigenvalue weighted by atomic mass is 9.36. The zero-order valence-electron chi connectivity index (χ0n) is 25.4. The van der Waals surface area contributed by atoms with E-state index >= 15 is 0 Å². The Morgan fingerprint density at radius 2 is 1.06 bits per heavy atom. The molecule has 0 aromatic heterocycles. The van der Waals surface area contributed by atoms with Gasteiger partial charge in [-0.25, -0.2) is 18.0 Å². The van der Waals surface area contributed by atoms with E-state index in [-0.39, 0.29) is 11.3 Å². The molecule has 0 bridgehead atoms. The van der Waals surface area contributed by atoms with Crippen molar-refractivity contribution >= 4 is 40.4 Å². The highest BCUT2D eigenvalue weighted by Gasteiger charge is 2.28. The first-order valence-electron chi connectivity index (χ1n) is 15.1. The molecule has 0 radical (unpaired) electrons. The molecule has 234 valence electrons. The van der Waals surface area contributed by atoms with Crippen LogP contribution in [0.25, 0.3) is 11.1 Å². The van der Waals surface area contributed by atoms with E-state index in [9.17, 15) is 23.1 Å². The lowest BCUT2D eigenvalue weighted by Gasteiger charge is -2.20. The minimum absolute atomic E-state index is 0.241. The topological polar surface area (TPSA) is 58.9 Å². The van der Waals surface area contributed by atoms with Crippen LogP contribution >= 0.6 is 0 Å². The van der Waals surface area contributed by atoms with Crippen LogP contribution in [0.1, 0.15) is 16.7 Å². The van der Waals surface area contributed by atoms with Crippen LogP contribution in [0.2, 0.25) is 0 Å². The minimum atomic E-state index is -1.31. The number of carboxylic acids is 1. The summed E-state index contributed by atoms with van der Waals surface area (Å²) in [4.78, 5) is 17.6. The largest absolute Gasteiger partial charge is 0.477 e. The summed E-state index contributed by atoms with van der Waals surface area (Å²) < 4.78 is 47.9. The van der Waals surface area contributed by atoms with Crippen molar-refractivity contribution in [1.29, 1.82) is 0 Å². The van der Waals surface area contributed by atoms with Crippen molar-refractivity contribution in [3.8, 4) is 0 Å². The number of aliphatic imine (C=N–C) groups is 1. The van der Waals surface area contributed by atoms with Gasteiger partial charge >= 0.3 is 5.97 Å². The molecule has 4 nitrogen and oxygen atoms in total. The van der Waals surface area contributed by atoms with Crippen molar-refractivity contribution in [2.75, 3.05) is 0 Å². The molecule has 8 heteroatoms. The number of aliphatic carboxylic acids is 1. The fourth-order valence-corrected chi connectivity index (χ4v) is 5.49. The van der Waals surface area contributed by atoms with E-state index in [4.69, 9.17) is 9.73 Å². The molecule has 5 aromatic carbocycles. The summed E-state index contributed by atoms with van der Waals surface area (Å²) in [7, 11) is 0. The van der Waals surface area contributed by atoms with Crippen molar-refractivity contribution in [1.82, 2.24) is 0 Å². The van der Waals surface area contributed by atoms with Crippen LogP contribution in [-0.2, 0) is 9.53 Å². The zero-order valence-corrected chi connectivity index (χ0v) is 25.4. The molecule has 1 aliphatic heterocycles. The Morgan fingerprint density at radius 3 is 1.50 bits per heavy atom. The number of nitrogens with zero attached hydrogens (tertiary/aromatic N) is 1. The molecule has 1 aliphatic rings. The van der Waals surface area contributed by atoms with Gasteiger partial charge < -0.3 is 9.84 Å². The summed E-state index contributed by atoms with van der Waals surface area (Å²) in [5, 5.41) is 10.5. The number of rotatable bonds is 9. The van der Waals surface area contributed by atoms with Gasteiger partial charge in [-0.3, -0.25) is 4.99 Å². The van der Waals surface area contributed by atoms with Gasteiger partial charge in [-0.1, -0.05) is 114 Å². The molecule has 6 rings (SSSR count). The normalized spacial score (nSPS) is 13.3. The fourth-order valence-electron chi connectivity index (χ4n) is 5.49. The van der Waals surface area contributed by atoms with E-state index in [0.717, 1.165) is 22.3 Å². The maximum Gasteiger partial charge on any atom is 0.354 e. The van der Waals surface area contributed by atoms with Gasteiger partial charge in [-0.05, 0) is 64.7 Å². The Morgan fingerprint density at radius 1 is 0.625 bits per heavy atom. The van der Waals surface area contributed by atoms with E-state index in [1.807, 2.05) is 60.7 Å². The SMILES string of the molecule is O=C(O)C(=CC=C1C(c2ccccc2)=COC=C1c1ccccc1)N=C(B(c1ccc(F)cc1)c1ccc(F)cc1)c1ccc(F)cc1. The molecule has 0 atom stereocenters. The molecule has 0 amide bonds. The summed E-state index contributed by atoms with van der Waals surface area (Å²) in [5.41, 5.74) is 5.38. The molecule has 1 heterocycles. The lowest BCUT2D eigenvalue weighted by Crippen LogP contribution is -2.50. The van der Waals surface area contributed by atoms with Crippen LogP contribution in [0.5, 0.6) is 0 Å². The van der Waals surface area contributed by atoms with E-state index in [2.05, 4.69) is 0 Å². The smallest absolute Gasteiger partial charge is 0.354 e. The quantitative estimate of drug-likeness (QED) is 0.102. The number of halogens is 3. The number of ether oxygens (including phenoxy) is 1. The second-order valence-corrected chi connectivity index (χ2v) is 10.9. The molecule has 1 N–H and O–H groups in total.